The second-order valence-electron chi connectivity index (χ2n) is 5.27. The highest BCUT2D eigenvalue weighted by atomic mass is 32.2. The van der Waals surface area contributed by atoms with Crippen LogP contribution in [-0.2, 0) is 4.79 Å². The maximum Gasteiger partial charge on any atom is 0.324 e. The Balaban J connectivity index is 1.75. The van der Waals surface area contributed by atoms with Crippen LogP contribution in [0.15, 0.2) is 29.4 Å². The summed E-state index contributed by atoms with van der Waals surface area (Å²) in [5, 5.41) is 11.5. The predicted molar refractivity (Wildman–Crippen MR) is 86.7 cm³/mol. The van der Waals surface area contributed by atoms with Crippen molar-refractivity contribution in [1.29, 1.82) is 0 Å². The Morgan fingerprint density at radius 3 is 2.65 bits per heavy atom. The van der Waals surface area contributed by atoms with Gasteiger partial charge in [-0.25, -0.2) is 4.79 Å². The van der Waals surface area contributed by atoms with E-state index in [0.717, 1.165) is 11.5 Å². The number of amides is 3. The number of aryl methyl sites for hydroxylation is 2. The smallest absolute Gasteiger partial charge is 0.324 e. The summed E-state index contributed by atoms with van der Waals surface area (Å²) in [4.78, 5) is 24.8. The largest absolute Gasteiger partial charge is 0.336 e. The minimum absolute atomic E-state index is 0.150. The monoisotopic (exact) mass is 331 g/mol. The van der Waals surface area contributed by atoms with E-state index in [1.165, 1.54) is 22.2 Å². The number of carbonyl (C=O) groups excluding carboxylic acids is 2. The lowest BCUT2D eigenvalue weighted by Gasteiger charge is -2.12. The third-order valence-corrected chi connectivity index (χ3v) is 4.48. The van der Waals surface area contributed by atoms with Gasteiger partial charge in [0.1, 0.15) is 5.82 Å². The standard InChI is InChI=1S/C15H17N5O2S/c1-10-3-5-12(6-4-10)20-11(2)17-18-15(20)23-9-13(21)19-8-7-16-14(19)22/h3-6H,7-9H2,1-2H3,(H,16,22). The number of imide groups is 1. The summed E-state index contributed by atoms with van der Waals surface area (Å²) >= 11 is 1.28. The van der Waals surface area contributed by atoms with Crippen LogP contribution in [0.25, 0.3) is 5.69 Å². The van der Waals surface area contributed by atoms with Gasteiger partial charge < -0.3 is 5.32 Å². The first-order valence-electron chi connectivity index (χ1n) is 7.26. The topological polar surface area (TPSA) is 80.1 Å². The summed E-state index contributed by atoms with van der Waals surface area (Å²) in [7, 11) is 0. The first-order chi connectivity index (χ1) is 11.1. The van der Waals surface area contributed by atoms with Crippen LogP contribution in [-0.4, -0.2) is 50.4 Å². The Bertz CT molecular complexity index is 741. The van der Waals surface area contributed by atoms with Crippen molar-refractivity contribution in [3.8, 4) is 5.69 Å². The number of hydrogen-bond donors (Lipinski definition) is 1. The van der Waals surface area contributed by atoms with Crippen LogP contribution < -0.4 is 5.32 Å². The molecule has 0 spiro atoms. The molecule has 2 heterocycles. The molecule has 1 fully saturated rings. The van der Waals surface area contributed by atoms with E-state index in [1.807, 2.05) is 42.7 Å². The summed E-state index contributed by atoms with van der Waals surface area (Å²) in [6, 6.07) is 7.69. The molecule has 1 N–H and O–H groups in total. The predicted octanol–water partition coefficient (Wildman–Crippen LogP) is 1.53. The Kier molecular flexibility index (Phi) is 4.33. The molecular formula is C15H17N5O2S. The fourth-order valence-corrected chi connectivity index (χ4v) is 3.21. The highest BCUT2D eigenvalue weighted by Gasteiger charge is 2.26. The van der Waals surface area contributed by atoms with Crippen molar-refractivity contribution in [3.63, 3.8) is 0 Å². The molecule has 0 atom stereocenters. The van der Waals surface area contributed by atoms with Gasteiger partial charge in [-0.05, 0) is 26.0 Å². The summed E-state index contributed by atoms with van der Waals surface area (Å²) in [5.41, 5.74) is 2.12. The average Bonchev–Trinajstić information content (AvgIpc) is 3.12. The van der Waals surface area contributed by atoms with E-state index in [1.54, 1.807) is 0 Å². The molecule has 120 valence electrons. The van der Waals surface area contributed by atoms with Gasteiger partial charge in [-0.1, -0.05) is 29.5 Å². The summed E-state index contributed by atoms with van der Waals surface area (Å²) in [6.07, 6.45) is 0. The number of nitrogens with zero attached hydrogens (tertiary/aromatic N) is 4. The van der Waals surface area contributed by atoms with Gasteiger partial charge in [0, 0.05) is 18.8 Å². The van der Waals surface area contributed by atoms with Gasteiger partial charge in [0.25, 0.3) is 0 Å². The van der Waals surface area contributed by atoms with E-state index in [9.17, 15) is 9.59 Å². The Morgan fingerprint density at radius 1 is 1.26 bits per heavy atom. The highest BCUT2D eigenvalue weighted by Crippen LogP contribution is 2.22. The number of rotatable bonds is 4. The molecule has 1 aromatic heterocycles. The molecule has 23 heavy (non-hydrogen) atoms. The minimum atomic E-state index is -0.327. The van der Waals surface area contributed by atoms with Crippen molar-refractivity contribution < 1.29 is 9.59 Å². The van der Waals surface area contributed by atoms with Crippen molar-refractivity contribution in [2.75, 3.05) is 18.8 Å². The maximum atomic E-state index is 12.1. The van der Waals surface area contributed by atoms with Crippen LogP contribution >= 0.6 is 11.8 Å². The molecule has 1 aromatic carbocycles. The Hall–Kier alpha value is -2.35. The van der Waals surface area contributed by atoms with E-state index < -0.39 is 0 Å². The lowest BCUT2D eigenvalue weighted by atomic mass is 10.2. The van der Waals surface area contributed by atoms with Crippen molar-refractivity contribution >= 4 is 23.7 Å². The van der Waals surface area contributed by atoms with Gasteiger partial charge in [-0.2, -0.15) is 0 Å². The Labute approximate surface area is 138 Å². The van der Waals surface area contributed by atoms with E-state index >= 15 is 0 Å². The van der Waals surface area contributed by atoms with E-state index in [-0.39, 0.29) is 17.7 Å². The zero-order valence-corrected chi connectivity index (χ0v) is 13.8. The molecule has 0 aliphatic carbocycles. The van der Waals surface area contributed by atoms with E-state index in [4.69, 9.17) is 0 Å². The molecule has 0 saturated carbocycles. The number of thioether (sulfide) groups is 1. The number of urea groups is 1. The second kappa shape index (κ2) is 6.41. The molecule has 1 saturated heterocycles. The molecule has 2 aromatic rings. The molecule has 0 unspecified atom stereocenters. The van der Waals surface area contributed by atoms with Crippen molar-refractivity contribution in [2.24, 2.45) is 0 Å². The van der Waals surface area contributed by atoms with Gasteiger partial charge in [0.15, 0.2) is 5.16 Å². The number of carbonyl (C=O) groups is 2. The van der Waals surface area contributed by atoms with Gasteiger partial charge in [0.2, 0.25) is 5.91 Å². The van der Waals surface area contributed by atoms with Crippen LogP contribution in [0.4, 0.5) is 4.79 Å². The lowest BCUT2D eigenvalue weighted by Crippen LogP contribution is -2.35. The number of nitrogens with one attached hydrogen (secondary N) is 1. The minimum Gasteiger partial charge on any atom is -0.336 e. The fraction of sp³-hybridized carbons (Fsp3) is 0.333. The Morgan fingerprint density at radius 2 is 2.00 bits per heavy atom. The van der Waals surface area contributed by atoms with Gasteiger partial charge >= 0.3 is 6.03 Å². The fourth-order valence-electron chi connectivity index (χ4n) is 2.34. The van der Waals surface area contributed by atoms with Crippen LogP contribution in [0.2, 0.25) is 0 Å². The summed E-state index contributed by atoms with van der Waals surface area (Å²) < 4.78 is 1.90. The molecule has 0 bridgehead atoms. The van der Waals surface area contributed by atoms with E-state index in [2.05, 4.69) is 15.5 Å². The number of hydrogen-bond acceptors (Lipinski definition) is 5. The molecule has 7 nitrogen and oxygen atoms in total. The van der Waals surface area contributed by atoms with Crippen molar-refractivity contribution in [3.05, 3.63) is 35.7 Å². The third kappa shape index (κ3) is 3.21. The van der Waals surface area contributed by atoms with Gasteiger partial charge in [0.05, 0.1) is 5.75 Å². The highest BCUT2D eigenvalue weighted by molar-refractivity contribution is 7.99. The molecular weight excluding hydrogens is 314 g/mol. The van der Waals surface area contributed by atoms with Crippen LogP contribution in [0.5, 0.6) is 0 Å². The van der Waals surface area contributed by atoms with Crippen molar-refractivity contribution in [2.45, 2.75) is 19.0 Å². The average molecular weight is 331 g/mol. The molecule has 8 heteroatoms. The summed E-state index contributed by atoms with van der Waals surface area (Å²) in [6.45, 7) is 4.82. The maximum absolute atomic E-state index is 12.1. The molecule has 3 rings (SSSR count). The molecule has 1 aliphatic heterocycles. The van der Waals surface area contributed by atoms with E-state index in [0.29, 0.717) is 18.2 Å². The third-order valence-electron chi connectivity index (χ3n) is 3.57. The molecule has 3 amide bonds. The number of benzene rings is 1. The van der Waals surface area contributed by atoms with Gasteiger partial charge in [-0.3, -0.25) is 14.3 Å². The molecule has 1 aliphatic rings. The van der Waals surface area contributed by atoms with Crippen LogP contribution in [0.3, 0.4) is 0 Å². The first-order valence-corrected chi connectivity index (χ1v) is 8.25. The molecule has 0 radical (unpaired) electrons. The zero-order valence-electron chi connectivity index (χ0n) is 12.9. The van der Waals surface area contributed by atoms with Gasteiger partial charge in [-0.15, -0.1) is 10.2 Å². The van der Waals surface area contributed by atoms with Crippen molar-refractivity contribution in [1.82, 2.24) is 25.0 Å². The number of aromatic nitrogens is 3. The normalized spacial score (nSPS) is 14.2. The second-order valence-corrected chi connectivity index (χ2v) is 6.21. The zero-order chi connectivity index (χ0) is 16.4. The van der Waals surface area contributed by atoms with Crippen LogP contribution in [0.1, 0.15) is 11.4 Å². The quantitative estimate of drug-likeness (QED) is 0.860. The first kappa shape index (κ1) is 15.5. The lowest BCUT2D eigenvalue weighted by molar-refractivity contribution is -0.124. The van der Waals surface area contributed by atoms with Crippen LogP contribution in [0, 0.1) is 13.8 Å². The summed E-state index contributed by atoms with van der Waals surface area (Å²) in [5.74, 6) is 0.682. The SMILES string of the molecule is Cc1ccc(-n2c(C)nnc2SCC(=O)N2CCNC2=O)cc1.